The van der Waals surface area contributed by atoms with Crippen molar-refractivity contribution in [2.24, 2.45) is 0 Å². The molecule has 1 N–H and O–H groups in total. The topological polar surface area (TPSA) is 70.7 Å². The smallest absolute Gasteiger partial charge is 0.258 e. The Balaban J connectivity index is 2.38. The van der Waals surface area contributed by atoms with Gasteiger partial charge >= 0.3 is 0 Å². The first-order chi connectivity index (χ1) is 8.65. The zero-order chi connectivity index (χ0) is 13.1. The van der Waals surface area contributed by atoms with Gasteiger partial charge in [0.15, 0.2) is 0 Å². The standard InChI is InChI=1S/C12H16N4O2/c1-9(2)15(5-6-17)12(18)10-7-14-16-4-3-13-8-11(10)16/h3-4,7-9,17H,5-6H2,1-2H3. The molecule has 0 unspecified atom stereocenters. The molecule has 0 aliphatic heterocycles. The molecule has 0 saturated carbocycles. The van der Waals surface area contributed by atoms with Crippen LogP contribution in [0.15, 0.2) is 24.8 Å². The average molecular weight is 248 g/mol. The summed E-state index contributed by atoms with van der Waals surface area (Å²) in [6.45, 7) is 4.09. The first-order valence-corrected chi connectivity index (χ1v) is 5.84. The number of carbonyl (C=O) groups is 1. The molecule has 2 heterocycles. The van der Waals surface area contributed by atoms with Gasteiger partial charge < -0.3 is 10.0 Å². The van der Waals surface area contributed by atoms with Crippen LogP contribution in [0.25, 0.3) is 5.52 Å². The molecule has 0 bridgehead atoms. The molecule has 2 rings (SSSR count). The third kappa shape index (κ3) is 2.19. The molecular formula is C12H16N4O2. The summed E-state index contributed by atoms with van der Waals surface area (Å²) < 4.78 is 1.61. The second-order valence-corrected chi connectivity index (χ2v) is 4.28. The monoisotopic (exact) mass is 248 g/mol. The van der Waals surface area contributed by atoms with Gasteiger partial charge in [-0.2, -0.15) is 5.10 Å². The van der Waals surface area contributed by atoms with Crippen molar-refractivity contribution >= 4 is 11.4 Å². The summed E-state index contributed by atoms with van der Waals surface area (Å²) in [4.78, 5) is 18.0. The van der Waals surface area contributed by atoms with Crippen LogP contribution in [0, 0.1) is 0 Å². The van der Waals surface area contributed by atoms with Gasteiger partial charge in [0.05, 0.1) is 30.1 Å². The van der Waals surface area contributed by atoms with Crippen LogP contribution in [0.3, 0.4) is 0 Å². The summed E-state index contributed by atoms with van der Waals surface area (Å²) in [6.07, 6.45) is 6.45. The normalized spacial score (nSPS) is 11.1. The number of carbonyl (C=O) groups excluding carboxylic acids is 1. The van der Waals surface area contributed by atoms with Gasteiger partial charge in [0.2, 0.25) is 0 Å². The van der Waals surface area contributed by atoms with Gasteiger partial charge in [-0.1, -0.05) is 0 Å². The van der Waals surface area contributed by atoms with Gasteiger partial charge in [0.25, 0.3) is 5.91 Å². The van der Waals surface area contributed by atoms with Crippen LogP contribution in [0.1, 0.15) is 24.2 Å². The van der Waals surface area contributed by atoms with Crippen molar-refractivity contribution in [3.8, 4) is 0 Å². The SMILES string of the molecule is CC(C)N(CCO)C(=O)c1cnn2ccncc12. The maximum absolute atomic E-state index is 12.4. The lowest BCUT2D eigenvalue weighted by atomic mass is 10.2. The number of aromatic nitrogens is 3. The predicted octanol–water partition coefficient (Wildman–Crippen LogP) is 0.572. The Morgan fingerprint density at radius 3 is 2.94 bits per heavy atom. The summed E-state index contributed by atoms with van der Waals surface area (Å²) in [5, 5.41) is 13.1. The molecule has 6 heteroatoms. The Labute approximate surface area is 105 Å². The highest BCUT2D eigenvalue weighted by molar-refractivity contribution is 6.00. The minimum atomic E-state index is -0.137. The quantitative estimate of drug-likeness (QED) is 0.858. The van der Waals surface area contributed by atoms with Crippen LogP contribution in [-0.4, -0.2) is 49.7 Å². The predicted molar refractivity (Wildman–Crippen MR) is 66.2 cm³/mol. The average Bonchev–Trinajstić information content (AvgIpc) is 2.78. The van der Waals surface area contributed by atoms with Crippen molar-refractivity contribution in [3.05, 3.63) is 30.4 Å². The molecular weight excluding hydrogens is 232 g/mol. The van der Waals surface area contributed by atoms with E-state index in [0.717, 1.165) is 0 Å². The Bertz CT molecular complexity index is 550. The molecule has 0 aromatic carbocycles. The van der Waals surface area contributed by atoms with E-state index >= 15 is 0 Å². The van der Waals surface area contributed by atoms with Crippen LogP contribution in [0.4, 0.5) is 0 Å². The van der Waals surface area contributed by atoms with Crippen molar-refractivity contribution in [2.75, 3.05) is 13.2 Å². The van der Waals surface area contributed by atoms with Gasteiger partial charge in [0, 0.05) is 25.0 Å². The molecule has 6 nitrogen and oxygen atoms in total. The van der Waals surface area contributed by atoms with Crippen molar-refractivity contribution in [1.82, 2.24) is 19.5 Å². The molecule has 0 atom stereocenters. The Morgan fingerprint density at radius 2 is 2.28 bits per heavy atom. The van der Waals surface area contributed by atoms with Gasteiger partial charge in [-0.3, -0.25) is 9.78 Å². The molecule has 0 aliphatic rings. The van der Waals surface area contributed by atoms with Crippen LogP contribution < -0.4 is 0 Å². The molecule has 2 aromatic heterocycles. The molecule has 0 fully saturated rings. The van der Waals surface area contributed by atoms with E-state index in [4.69, 9.17) is 5.11 Å². The number of amides is 1. The van der Waals surface area contributed by atoms with Crippen molar-refractivity contribution in [2.45, 2.75) is 19.9 Å². The van der Waals surface area contributed by atoms with E-state index in [9.17, 15) is 4.79 Å². The fourth-order valence-corrected chi connectivity index (χ4v) is 1.86. The van der Waals surface area contributed by atoms with E-state index in [1.54, 1.807) is 28.0 Å². The van der Waals surface area contributed by atoms with Crippen molar-refractivity contribution < 1.29 is 9.90 Å². The number of fused-ring (bicyclic) bond motifs is 1. The van der Waals surface area contributed by atoms with E-state index < -0.39 is 0 Å². The van der Waals surface area contributed by atoms with E-state index in [1.807, 2.05) is 13.8 Å². The molecule has 0 spiro atoms. The van der Waals surface area contributed by atoms with Crippen molar-refractivity contribution in [3.63, 3.8) is 0 Å². The number of hydrogen-bond acceptors (Lipinski definition) is 4. The molecule has 2 aromatic rings. The van der Waals surface area contributed by atoms with Crippen molar-refractivity contribution in [1.29, 1.82) is 0 Å². The molecule has 0 aliphatic carbocycles. The van der Waals surface area contributed by atoms with Crippen LogP contribution in [0.5, 0.6) is 0 Å². The van der Waals surface area contributed by atoms with E-state index in [2.05, 4.69) is 10.1 Å². The van der Waals surface area contributed by atoms with E-state index in [-0.39, 0.29) is 18.6 Å². The second kappa shape index (κ2) is 5.14. The Kier molecular flexibility index (Phi) is 3.57. The van der Waals surface area contributed by atoms with Gasteiger partial charge in [0.1, 0.15) is 0 Å². The summed E-state index contributed by atoms with van der Waals surface area (Å²) in [7, 11) is 0. The third-order valence-corrected chi connectivity index (χ3v) is 2.78. The van der Waals surface area contributed by atoms with E-state index in [1.165, 1.54) is 6.20 Å². The maximum Gasteiger partial charge on any atom is 0.258 e. The van der Waals surface area contributed by atoms with Gasteiger partial charge in [-0.15, -0.1) is 0 Å². The fraction of sp³-hybridized carbons (Fsp3) is 0.417. The summed E-state index contributed by atoms with van der Waals surface area (Å²) in [5.74, 6) is -0.137. The Morgan fingerprint density at radius 1 is 1.50 bits per heavy atom. The van der Waals surface area contributed by atoms with Crippen LogP contribution >= 0.6 is 0 Å². The highest BCUT2D eigenvalue weighted by Gasteiger charge is 2.21. The zero-order valence-corrected chi connectivity index (χ0v) is 10.4. The summed E-state index contributed by atoms with van der Waals surface area (Å²) in [6, 6.07) is 0.0243. The molecule has 0 radical (unpaired) electrons. The number of rotatable bonds is 4. The van der Waals surface area contributed by atoms with Gasteiger partial charge in [-0.25, -0.2) is 4.52 Å². The highest BCUT2D eigenvalue weighted by atomic mass is 16.3. The lowest BCUT2D eigenvalue weighted by Gasteiger charge is -2.25. The van der Waals surface area contributed by atoms with E-state index in [0.29, 0.717) is 17.6 Å². The van der Waals surface area contributed by atoms with Crippen LogP contribution in [0.2, 0.25) is 0 Å². The fourth-order valence-electron chi connectivity index (χ4n) is 1.86. The lowest BCUT2D eigenvalue weighted by molar-refractivity contribution is 0.0667. The number of aliphatic hydroxyl groups excluding tert-OH is 1. The molecule has 0 saturated heterocycles. The highest BCUT2D eigenvalue weighted by Crippen LogP contribution is 2.13. The Hall–Kier alpha value is -1.95. The number of aliphatic hydroxyl groups is 1. The second-order valence-electron chi connectivity index (χ2n) is 4.28. The van der Waals surface area contributed by atoms with Crippen LogP contribution in [-0.2, 0) is 0 Å². The lowest BCUT2D eigenvalue weighted by Crippen LogP contribution is -2.38. The zero-order valence-electron chi connectivity index (χ0n) is 10.4. The minimum absolute atomic E-state index is 0.0243. The number of hydrogen-bond donors (Lipinski definition) is 1. The summed E-state index contributed by atoms with van der Waals surface area (Å²) >= 11 is 0. The number of nitrogens with zero attached hydrogens (tertiary/aromatic N) is 4. The maximum atomic E-state index is 12.4. The largest absolute Gasteiger partial charge is 0.395 e. The molecule has 96 valence electrons. The summed E-state index contributed by atoms with van der Waals surface area (Å²) in [5.41, 5.74) is 1.18. The molecule has 1 amide bonds. The minimum Gasteiger partial charge on any atom is -0.395 e. The van der Waals surface area contributed by atoms with Gasteiger partial charge in [-0.05, 0) is 13.8 Å². The third-order valence-electron chi connectivity index (χ3n) is 2.78. The first-order valence-electron chi connectivity index (χ1n) is 5.84. The molecule has 18 heavy (non-hydrogen) atoms. The first kappa shape index (κ1) is 12.5.